The van der Waals surface area contributed by atoms with Gasteiger partial charge in [-0.2, -0.15) is 0 Å². The van der Waals surface area contributed by atoms with Gasteiger partial charge in [0.2, 0.25) is 0 Å². The predicted molar refractivity (Wildman–Crippen MR) is 124 cm³/mol. The number of benzene rings is 2. The minimum atomic E-state index is -0.593. The van der Waals surface area contributed by atoms with Gasteiger partial charge in [0.25, 0.3) is 11.8 Å². The van der Waals surface area contributed by atoms with Crippen LogP contribution < -0.4 is 26.1 Å². The van der Waals surface area contributed by atoms with E-state index in [-0.39, 0.29) is 40.8 Å². The fourth-order valence-corrected chi connectivity index (χ4v) is 5.28. The number of hydrogen-bond acceptors (Lipinski definition) is 6. The molecule has 1 unspecified atom stereocenters. The quantitative estimate of drug-likeness (QED) is 0.456. The summed E-state index contributed by atoms with van der Waals surface area (Å²) in [5.74, 6) is -0.361. The van der Waals surface area contributed by atoms with Gasteiger partial charge in [-0.15, -0.1) is 0 Å². The Labute approximate surface area is 202 Å². The highest BCUT2D eigenvalue weighted by atomic mass is 35.5. The van der Waals surface area contributed by atoms with Crippen LogP contribution in [-0.2, 0) is 11.3 Å². The van der Waals surface area contributed by atoms with Crippen molar-refractivity contribution in [3.63, 3.8) is 0 Å². The molecule has 4 fully saturated rings. The van der Waals surface area contributed by atoms with E-state index in [4.69, 9.17) is 16.3 Å². The summed E-state index contributed by atoms with van der Waals surface area (Å²) in [6, 6.07) is 11.7. The maximum atomic E-state index is 13.5. The van der Waals surface area contributed by atoms with E-state index in [1.165, 1.54) is 12.1 Å². The Morgan fingerprint density at radius 3 is 2.82 bits per heavy atom. The number of rotatable bonds is 8. The molecule has 3 aliphatic carbocycles. The highest BCUT2D eigenvalue weighted by molar-refractivity contribution is 6.30. The van der Waals surface area contributed by atoms with E-state index < -0.39 is 5.82 Å². The summed E-state index contributed by atoms with van der Waals surface area (Å²) in [6.45, 7) is 2.00. The summed E-state index contributed by atoms with van der Waals surface area (Å²) >= 11 is 5.66. The molecule has 0 spiro atoms. The van der Waals surface area contributed by atoms with Crippen molar-refractivity contribution >= 4 is 23.4 Å². The van der Waals surface area contributed by atoms with E-state index in [0.29, 0.717) is 24.4 Å². The number of ether oxygens (including phenoxy) is 1. The number of carbonyl (C=O) groups is 2. The molecule has 1 heterocycles. The van der Waals surface area contributed by atoms with Crippen molar-refractivity contribution in [3.8, 4) is 5.75 Å². The third-order valence-electron chi connectivity index (χ3n) is 6.76. The van der Waals surface area contributed by atoms with Crippen LogP contribution in [0.4, 0.5) is 4.39 Å². The van der Waals surface area contributed by atoms with Crippen LogP contribution in [0.25, 0.3) is 0 Å². The van der Waals surface area contributed by atoms with Crippen molar-refractivity contribution in [1.29, 1.82) is 0 Å². The molecule has 1 aliphatic heterocycles. The second-order valence-corrected chi connectivity index (χ2v) is 9.69. The van der Waals surface area contributed by atoms with Gasteiger partial charge in [0.1, 0.15) is 11.6 Å². The maximum absolute atomic E-state index is 13.5. The molecular weight excluding hydrogens is 461 g/mol. The van der Waals surface area contributed by atoms with Crippen molar-refractivity contribution in [3.05, 3.63) is 64.4 Å². The van der Waals surface area contributed by atoms with Crippen molar-refractivity contribution in [2.24, 2.45) is 5.92 Å². The Kier molecular flexibility index (Phi) is 6.44. The minimum absolute atomic E-state index is 0.00266. The summed E-state index contributed by atoms with van der Waals surface area (Å²) in [4.78, 5) is 25.3. The van der Waals surface area contributed by atoms with Gasteiger partial charge in [0, 0.05) is 29.8 Å². The third-order valence-corrected chi connectivity index (χ3v) is 7.07. The zero-order valence-corrected chi connectivity index (χ0v) is 19.3. The number of halogens is 2. The van der Waals surface area contributed by atoms with Crippen molar-refractivity contribution in [2.75, 3.05) is 19.9 Å². The number of nitrogens with one attached hydrogen (secondary N) is 4. The highest BCUT2D eigenvalue weighted by Gasteiger charge is 2.57. The van der Waals surface area contributed by atoms with Gasteiger partial charge in [-0.25, -0.2) is 14.8 Å². The summed E-state index contributed by atoms with van der Waals surface area (Å²) in [7, 11) is 0. The first-order valence-corrected chi connectivity index (χ1v) is 11.7. The summed E-state index contributed by atoms with van der Waals surface area (Å²) in [5, 5.41) is 11.5. The van der Waals surface area contributed by atoms with Crippen LogP contribution >= 0.6 is 11.6 Å². The average Bonchev–Trinajstić information content (AvgIpc) is 3.50. The maximum Gasteiger partial charge on any atom is 0.258 e. The number of carbonyl (C=O) groups excluding carboxylic acids is 2. The molecule has 180 valence electrons. The summed E-state index contributed by atoms with van der Waals surface area (Å²) in [5.41, 5.74) is 4.60. The second kappa shape index (κ2) is 9.50. The van der Waals surface area contributed by atoms with Gasteiger partial charge in [0.15, 0.2) is 6.61 Å². The van der Waals surface area contributed by atoms with Crippen LogP contribution in [-0.4, -0.2) is 48.3 Å². The van der Waals surface area contributed by atoms with Gasteiger partial charge >= 0.3 is 0 Å². The molecule has 2 aromatic carbocycles. The molecule has 2 bridgehead atoms. The predicted octanol–water partition coefficient (Wildman–Crippen LogP) is 2.15. The minimum Gasteiger partial charge on any atom is -0.484 e. The lowest BCUT2D eigenvalue weighted by Gasteiger charge is -2.39. The Bertz CT molecular complexity index is 1090. The molecule has 4 aliphatic rings. The lowest BCUT2D eigenvalue weighted by atomic mass is 9.76. The zero-order valence-electron chi connectivity index (χ0n) is 18.6. The highest BCUT2D eigenvalue weighted by Crippen LogP contribution is 2.52. The number of hydrogen-bond donors (Lipinski definition) is 4. The molecule has 1 saturated heterocycles. The van der Waals surface area contributed by atoms with Gasteiger partial charge < -0.3 is 15.4 Å². The fourth-order valence-electron chi connectivity index (χ4n) is 5.16. The molecule has 1 atom stereocenters. The van der Waals surface area contributed by atoms with Crippen LogP contribution in [0.3, 0.4) is 0 Å². The average molecular weight is 488 g/mol. The first kappa shape index (κ1) is 23.0. The zero-order chi connectivity index (χ0) is 23.7. The number of hydrazine groups is 1. The van der Waals surface area contributed by atoms with Crippen molar-refractivity contribution in [1.82, 2.24) is 26.4 Å². The number of nitrogens with zero attached hydrogens (tertiary/aromatic N) is 1. The molecule has 6 rings (SSSR count). The van der Waals surface area contributed by atoms with E-state index >= 15 is 0 Å². The molecule has 10 heteroatoms. The normalized spacial score (nSPS) is 25.6. The SMILES string of the molecule is O=C(COc1ccc(Cl)c(F)c1)NC12CC(C1)C(NC(=O)c1cccc(CN3CNCN3)c1)C2. The van der Waals surface area contributed by atoms with Crippen LogP contribution in [0.5, 0.6) is 5.75 Å². The van der Waals surface area contributed by atoms with Gasteiger partial charge in [0.05, 0.1) is 18.4 Å². The Balaban J connectivity index is 1.11. The summed E-state index contributed by atoms with van der Waals surface area (Å²) < 4.78 is 18.9. The molecule has 2 amide bonds. The number of fused-ring (bicyclic) bond motifs is 1. The first-order chi connectivity index (χ1) is 16.4. The molecule has 34 heavy (non-hydrogen) atoms. The van der Waals surface area contributed by atoms with Crippen LogP contribution in [0.2, 0.25) is 5.02 Å². The molecular formula is C24H27ClFN5O3. The van der Waals surface area contributed by atoms with Crippen LogP contribution in [0.1, 0.15) is 35.2 Å². The van der Waals surface area contributed by atoms with Crippen LogP contribution in [0, 0.1) is 11.7 Å². The van der Waals surface area contributed by atoms with E-state index in [1.807, 2.05) is 24.3 Å². The lowest BCUT2D eigenvalue weighted by Crippen LogP contribution is -2.53. The monoisotopic (exact) mass is 487 g/mol. The summed E-state index contributed by atoms with van der Waals surface area (Å²) in [6.07, 6.45) is 2.34. The van der Waals surface area contributed by atoms with Crippen molar-refractivity contribution < 1.29 is 18.7 Å². The van der Waals surface area contributed by atoms with E-state index in [9.17, 15) is 14.0 Å². The molecule has 4 N–H and O–H groups in total. The molecule has 3 saturated carbocycles. The molecule has 8 nitrogen and oxygen atoms in total. The van der Waals surface area contributed by atoms with E-state index in [2.05, 4.69) is 26.4 Å². The Morgan fingerprint density at radius 2 is 2.06 bits per heavy atom. The molecule has 0 aromatic heterocycles. The topological polar surface area (TPSA) is 94.7 Å². The number of amides is 2. The van der Waals surface area contributed by atoms with E-state index in [0.717, 1.165) is 37.8 Å². The molecule has 0 radical (unpaired) electrons. The smallest absolute Gasteiger partial charge is 0.258 e. The molecule has 2 aromatic rings. The van der Waals surface area contributed by atoms with Crippen LogP contribution in [0.15, 0.2) is 42.5 Å². The van der Waals surface area contributed by atoms with Gasteiger partial charge in [-0.05, 0) is 55.0 Å². The standard InChI is InChI=1S/C24H27ClFN5O3/c25-19-5-4-18(7-20(19)26)34-12-22(32)30-24-8-17(9-24)21(10-24)29-23(33)16-3-1-2-15(6-16)11-31-14-27-13-28-31/h1-7,17,21,27-28H,8-14H2,(H,29,33)(H,30,32). The Morgan fingerprint density at radius 1 is 1.21 bits per heavy atom. The lowest BCUT2D eigenvalue weighted by molar-refractivity contribution is -0.125. The largest absolute Gasteiger partial charge is 0.484 e. The van der Waals surface area contributed by atoms with Gasteiger partial charge in [-0.1, -0.05) is 23.7 Å². The Hall–Kier alpha value is -2.72. The van der Waals surface area contributed by atoms with E-state index in [1.54, 1.807) is 0 Å². The van der Waals surface area contributed by atoms with Gasteiger partial charge in [-0.3, -0.25) is 14.9 Å². The third kappa shape index (κ3) is 5.02. The fraction of sp³-hybridized carbons (Fsp3) is 0.417. The first-order valence-electron chi connectivity index (χ1n) is 11.4. The second-order valence-electron chi connectivity index (χ2n) is 9.29. The van der Waals surface area contributed by atoms with Crippen molar-refractivity contribution in [2.45, 2.75) is 37.4 Å².